The first kappa shape index (κ1) is 15.5. The van der Waals surface area contributed by atoms with Crippen LogP contribution in [0, 0.1) is 6.92 Å². The van der Waals surface area contributed by atoms with Gasteiger partial charge in [0.25, 0.3) is 0 Å². The molecule has 1 aliphatic heterocycles. The second-order valence-electron chi connectivity index (χ2n) is 5.54. The third kappa shape index (κ3) is 2.55. The van der Waals surface area contributed by atoms with Gasteiger partial charge >= 0.3 is 0 Å². The monoisotopic (exact) mass is 339 g/mol. The van der Waals surface area contributed by atoms with Crippen LogP contribution >= 0.6 is 11.6 Å². The smallest absolute Gasteiger partial charge is 0.243 e. The molecule has 1 saturated heterocycles. The molecule has 22 heavy (non-hydrogen) atoms. The molecular weight excluding hydrogens is 322 g/mol. The minimum atomic E-state index is -3.52. The first-order valence-electron chi connectivity index (χ1n) is 7.17. The second kappa shape index (κ2) is 5.68. The number of aryl methyl sites for hydroxylation is 1. The van der Waals surface area contributed by atoms with Gasteiger partial charge in [0.05, 0.1) is 17.1 Å². The molecule has 0 unspecified atom stereocenters. The molecule has 1 aromatic heterocycles. The molecule has 0 N–H and O–H groups in total. The van der Waals surface area contributed by atoms with Crippen LogP contribution in [0.4, 0.5) is 0 Å². The lowest BCUT2D eigenvalue weighted by Gasteiger charge is -2.24. The van der Waals surface area contributed by atoms with Gasteiger partial charge in [0.15, 0.2) is 0 Å². The lowest BCUT2D eigenvalue weighted by molar-refractivity contribution is 0.395. The third-order valence-corrected chi connectivity index (χ3v) is 6.43. The summed E-state index contributed by atoms with van der Waals surface area (Å²) in [6, 6.07) is 6.19. The average molecular weight is 340 g/mol. The SMILES string of the molecule is Cc1c([C@H]2CCCN2S(=O)(=O)c2ccc(Cl)cc2)cnn1C. The second-order valence-corrected chi connectivity index (χ2v) is 7.86. The van der Waals surface area contributed by atoms with Crippen LogP contribution in [0.5, 0.6) is 0 Å². The van der Waals surface area contributed by atoms with Gasteiger partial charge in [-0.05, 0) is 44.0 Å². The van der Waals surface area contributed by atoms with Crippen molar-refractivity contribution in [3.8, 4) is 0 Å². The number of halogens is 1. The summed E-state index contributed by atoms with van der Waals surface area (Å²) in [5.74, 6) is 0. The maximum absolute atomic E-state index is 12.9. The van der Waals surface area contributed by atoms with Crippen molar-refractivity contribution in [3.63, 3.8) is 0 Å². The fraction of sp³-hybridized carbons (Fsp3) is 0.400. The largest absolute Gasteiger partial charge is 0.273 e. The molecule has 0 spiro atoms. The van der Waals surface area contributed by atoms with Crippen molar-refractivity contribution in [1.29, 1.82) is 0 Å². The van der Waals surface area contributed by atoms with Crippen LogP contribution in [0.3, 0.4) is 0 Å². The van der Waals surface area contributed by atoms with Gasteiger partial charge in [-0.15, -0.1) is 0 Å². The Labute approximate surface area is 135 Å². The predicted molar refractivity (Wildman–Crippen MR) is 85.3 cm³/mol. The number of rotatable bonds is 3. The minimum Gasteiger partial charge on any atom is -0.273 e. The Morgan fingerprint density at radius 3 is 2.55 bits per heavy atom. The number of aromatic nitrogens is 2. The van der Waals surface area contributed by atoms with Gasteiger partial charge in [0.2, 0.25) is 10.0 Å². The molecule has 118 valence electrons. The van der Waals surface area contributed by atoms with Crippen LogP contribution < -0.4 is 0 Å². The van der Waals surface area contributed by atoms with Crippen LogP contribution in [-0.2, 0) is 17.1 Å². The van der Waals surface area contributed by atoms with Crippen LogP contribution in [0.15, 0.2) is 35.4 Å². The van der Waals surface area contributed by atoms with Crippen molar-refractivity contribution >= 4 is 21.6 Å². The lowest BCUT2D eigenvalue weighted by atomic mass is 10.1. The fourth-order valence-electron chi connectivity index (χ4n) is 2.92. The van der Waals surface area contributed by atoms with Gasteiger partial charge in [-0.3, -0.25) is 4.68 Å². The Hall–Kier alpha value is -1.37. The van der Waals surface area contributed by atoms with E-state index in [0.29, 0.717) is 11.6 Å². The average Bonchev–Trinajstić information content (AvgIpc) is 3.08. The van der Waals surface area contributed by atoms with Crippen molar-refractivity contribution in [2.75, 3.05) is 6.54 Å². The van der Waals surface area contributed by atoms with Crippen molar-refractivity contribution in [2.24, 2.45) is 7.05 Å². The normalized spacial score (nSPS) is 19.7. The summed E-state index contributed by atoms with van der Waals surface area (Å²) in [5.41, 5.74) is 1.99. The number of hydrogen-bond donors (Lipinski definition) is 0. The minimum absolute atomic E-state index is 0.144. The maximum atomic E-state index is 12.9. The Bertz CT molecular complexity index is 784. The topological polar surface area (TPSA) is 55.2 Å². The van der Waals surface area contributed by atoms with Gasteiger partial charge in [0, 0.05) is 29.9 Å². The van der Waals surface area contributed by atoms with Gasteiger partial charge < -0.3 is 0 Å². The highest BCUT2D eigenvalue weighted by Crippen LogP contribution is 2.37. The van der Waals surface area contributed by atoms with Gasteiger partial charge in [0.1, 0.15) is 0 Å². The molecule has 1 fully saturated rings. The molecule has 1 aromatic carbocycles. The molecular formula is C15H18ClN3O2S. The van der Waals surface area contributed by atoms with E-state index in [1.54, 1.807) is 39.4 Å². The first-order valence-corrected chi connectivity index (χ1v) is 8.99. The van der Waals surface area contributed by atoms with Crippen LogP contribution in [0.25, 0.3) is 0 Å². The van der Waals surface area contributed by atoms with Crippen molar-refractivity contribution in [1.82, 2.24) is 14.1 Å². The first-order chi connectivity index (χ1) is 10.4. The molecule has 1 atom stereocenters. The molecule has 1 aliphatic rings. The fourth-order valence-corrected chi connectivity index (χ4v) is 4.72. The molecule has 2 heterocycles. The molecule has 0 saturated carbocycles. The molecule has 2 aromatic rings. The molecule has 0 bridgehead atoms. The Balaban J connectivity index is 1.99. The quantitative estimate of drug-likeness (QED) is 0.864. The van der Waals surface area contributed by atoms with Crippen molar-refractivity contribution in [2.45, 2.75) is 30.7 Å². The predicted octanol–water partition coefficient (Wildman–Crippen LogP) is 2.91. The highest BCUT2D eigenvalue weighted by atomic mass is 35.5. The highest BCUT2D eigenvalue weighted by molar-refractivity contribution is 7.89. The van der Waals surface area contributed by atoms with Crippen LogP contribution in [0.2, 0.25) is 5.02 Å². The lowest BCUT2D eigenvalue weighted by Crippen LogP contribution is -2.30. The van der Waals surface area contributed by atoms with Crippen molar-refractivity contribution in [3.05, 3.63) is 46.7 Å². The van der Waals surface area contributed by atoms with E-state index in [1.807, 2.05) is 14.0 Å². The molecule has 0 aliphatic carbocycles. The van der Waals surface area contributed by atoms with Gasteiger partial charge in [-0.2, -0.15) is 9.40 Å². The van der Waals surface area contributed by atoms with Crippen LogP contribution in [0.1, 0.15) is 30.1 Å². The summed E-state index contributed by atoms with van der Waals surface area (Å²) in [6.45, 7) is 2.50. The number of benzene rings is 1. The summed E-state index contributed by atoms with van der Waals surface area (Å²) in [7, 11) is -1.66. The van der Waals surface area contributed by atoms with Gasteiger partial charge in [-0.25, -0.2) is 8.42 Å². The summed E-state index contributed by atoms with van der Waals surface area (Å²) in [6.07, 6.45) is 3.45. The van der Waals surface area contributed by atoms with E-state index in [1.165, 1.54) is 0 Å². The van der Waals surface area contributed by atoms with E-state index in [-0.39, 0.29) is 10.9 Å². The van der Waals surface area contributed by atoms with E-state index in [4.69, 9.17) is 11.6 Å². The summed E-state index contributed by atoms with van der Waals surface area (Å²) < 4.78 is 29.2. The van der Waals surface area contributed by atoms with E-state index >= 15 is 0 Å². The Morgan fingerprint density at radius 2 is 1.95 bits per heavy atom. The summed E-state index contributed by atoms with van der Waals surface area (Å²) >= 11 is 5.85. The van der Waals surface area contributed by atoms with E-state index in [0.717, 1.165) is 24.1 Å². The van der Waals surface area contributed by atoms with Crippen LogP contribution in [-0.4, -0.2) is 29.0 Å². The molecule has 7 heteroatoms. The van der Waals surface area contributed by atoms with Crippen molar-refractivity contribution < 1.29 is 8.42 Å². The number of nitrogens with zero attached hydrogens (tertiary/aromatic N) is 3. The molecule has 5 nitrogen and oxygen atoms in total. The van der Waals surface area contributed by atoms with E-state index < -0.39 is 10.0 Å². The number of sulfonamides is 1. The zero-order valence-corrected chi connectivity index (χ0v) is 14.1. The Kier molecular flexibility index (Phi) is 4.01. The summed E-state index contributed by atoms with van der Waals surface area (Å²) in [5, 5.41) is 4.77. The van der Waals surface area contributed by atoms with Gasteiger partial charge in [-0.1, -0.05) is 11.6 Å². The summed E-state index contributed by atoms with van der Waals surface area (Å²) in [4.78, 5) is 0.283. The zero-order chi connectivity index (χ0) is 15.9. The molecule has 0 radical (unpaired) electrons. The Morgan fingerprint density at radius 1 is 1.27 bits per heavy atom. The van der Waals surface area contributed by atoms with E-state index in [2.05, 4.69) is 5.10 Å². The highest BCUT2D eigenvalue weighted by Gasteiger charge is 2.37. The third-order valence-electron chi connectivity index (χ3n) is 4.26. The molecule has 3 rings (SSSR count). The molecule has 0 amide bonds. The number of hydrogen-bond acceptors (Lipinski definition) is 3. The standard InChI is InChI=1S/C15H18ClN3O2S/c1-11-14(10-17-18(11)2)15-4-3-9-19(15)22(20,21)13-7-5-12(16)6-8-13/h5-8,10,15H,3-4,9H2,1-2H3/t15-/m1/s1. The van der Waals surface area contributed by atoms with E-state index in [9.17, 15) is 8.42 Å². The zero-order valence-electron chi connectivity index (χ0n) is 12.5. The maximum Gasteiger partial charge on any atom is 0.243 e.